The molecule has 13 heavy (non-hydrogen) atoms. The van der Waals surface area contributed by atoms with Crippen molar-refractivity contribution in [1.82, 2.24) is 0 Å². The molecule has 1 aliphatic carbocycles. The van der Waals surface area contributed by atoms with Crippen LogP contribution in [0.15, 0.2) is 30.3 Å². The lowest BCUT2D eigenvalue weighted by Gasteiger charge is -2.03. The molecule has 1 aromatic carbocycles. The van der Waals surface area contributed by atoms with Crippen LogP contribution in [0.5, 0.6) is 0 Å². The van der Waals surface area contributed by atoms with E-state index < -0.39 is 5.41 Å². The lowest BCUT2D eigenvalue weighted by Crippen LogP contribution is -2.14. The molecule has 0 N–H and O–H groups in total. The average Bonchev–Trinajstić information content (AvgIpc) is 2.76. The highest BCUT2D eigenvalue weighted by Crippen LogP contribution is 2.43. The van der Waals surface area contributed by atoms with E-state index >= 15 is 0 Å². The predicted molar refractivity (Wildman–Crippen MR) is 48.5 cm³/mol. The van der Waals surface area contributed by atoms with Gasteiger partial charge in [0.15, 0.2) is 5.78 Å². The predicted octanol–water partition coefficient (Wildman–Crippen LogP) is 1.85. The molecule has 2 rings (SSSR count). The SMILES string of the molecule is CC1(C(=O)c2ccccc2)CC1=O. The van der Waals surface area contributed by atoms with E-state index in [1.807, 2.05) is 18.2 Å². The van der Waals surface area contributed by atoms with Crippen molar-refractivity contribution >= 4 is 11.6 Å². The summed E-state index contributed by atoms with van der Waals surface area (Å²) in [5.74, 6) is 0.0134. The summed E-state index contributed by atoms with van der Waals surface area (Å²) in [6.45, 7) is 1.71. The molecule has 0 heterocycles. The fourth-order valence-electron chi connectivity index (χ4n) is 1.39. The van der Waals surface area contributed by atoms with E-state index in [0.717, 1.165) is 0 Å². The Kier molecular flexibility index (Phi) is 1.59. The summed E-state index contributed by atoms with van der Waals surface area (Å²) in [4.78, 5) is 22.7. The number of Topliss-reactive ketones (excluding diaryl/α,β-unsaturated/α-hetero) is 2. The molecule has 1 atom stereocenters. The van der Waals surface area contributed by atoms with E-state index in [4.69, 9.17) is 0 Å². The maximum Gasteiger partial charge on any atom is 0.176 e. The number of hydrogen-bond donors (Lipinski definition) is 0. The van der Waals surface area contributed by atoms with Crippen molar-refractivity contribution in [2.24, 2.45) is 5.41 Å². The van der Waals surface area contributed by atoms with E-state index in [-0.39, 0.29) is 11.6 Å². The maximum absolute atomic E-state index is 11.7. The van der Waals surface area contributed by atoms with Gasteiger partial charge in [0.05, 0.1) is 5.41 Å². The minimum absolute atomic E-state index is 0.0434. The van der Waals surface area contributed by atoms with Crippen molar-refractivity contribution in [2.75, 3.05) is 0 Å². The van der Waals surface area contributed by atoms with Gasteiger partial charge in [0.2, 0.25) is 0 Å². The van der Waals surface area contributed by atoms with E-state index in [1.165, 1.54) is 0 Å². The van der Waals surface area contributed by atoms with Gasteiger partial charge in [-0.2, -0.15) is 0 Å². The maximum atomic E-state index is 11.7. The topological polar surface area (TPSA) is 34.1 Å². The highest BCUT2D eigenvalue weighted by molar-refractivity contribution is 6.24. The summed E-state index contributed by atoms with van der Waals surface area (Å²) in [7, 11) is 0. The molecule has 1 aliphatic rings. The number of rotatable bonds is 2. The fourth-order valence-corrected chi connectivity index (χ4v) is 1.39. The summed E-state index contributed by atoms with van der Waals surface area (Å²) >= 11 is 0. The minimum atomic E-state index is -0.707. The summed E-state index contributed by atoms with van der Waals surface area (Å²) in [5, 5.41) is 0. The molecule has 1 aromatic rings. The Hall–Kier alpha value is -1.44. The second kappa shape index (κ2) is 2.52. The van der Waals surface area contributed by atoms with Crippen LogP contribution in [0.1, 0.15) is 23.7 Å². The molecule has 66 valence electrons. The third kappa shape index (κ3) is 1.18. The Morgan fingerprint density at radius 1 is 1.31 bits per heavy atom. The Morgan fingerprint density at radius 3 is 2.31 bits per heavy atom. The van der Waals surface area contributed by atoms with Crippen LogP contribution in [0.4, 0.5) is 0 Å². The molecule has 0 spiro atoms. The number of hydrogen-bond acceptors (Lipinski definition) is 2. The quantitative estimate of drug-likeness (QED) is 0.506. The van der Waals surface area contributed by atoms with Gasteiger partial charge in [-0.1, -0.05) is 30.3 Å². The molecule has 2 nitrogen and oxygen atoms in total. The Morgan fingerprint density at radius 2 is 1.85 bits per heavy atom. The van der Waals surface area contributed by atoms with Crippen molar-refractivity contribution in [3.8, 4) is 0 Å². The van der Waals surface area contributed by atoms with Gasteiger partial charge in [0.1, 0.15) is 5.78 Å². The highest BCUT2D eigenvalue weighted by Gasteiger charge is 2.55. The van der Waals surface area contributed by atoms with E-state index in [0.29, 0.717) is 12.0 Å². The highest BCUT2D eigenvalue weighted by atomic mass is 16.2. The van der Waals surface area contributed by atoms with Gasteiger partial charge < -0.3 is 0 Å². The van der Waals surface area contributed by atoms with Crippen LogP contribution >= 0.6 is 0 Å². The van der Waals surface area contributed by atoms with E-state index in [9.17, 15) is 9.59 Å². The zero-order valence-corrected chi connectivity index (χ0v) is 7.41. The van der Waals surface area contributed by atoms with Crippen molar-refractivity contribution < 1.29 is 9.59 Å². The van der Waals surface area contributed by atoms with Crippen molar-refractivity contribution in [2.45, 2.75) is 13.3 Å². The fraction of sp³-hybridized carbons (Fsp3) is 0.273. The van der Waals surface area contributed by atoms with E-state index in [2.05, 4.69) is 0 Å². The second-order valence-electron chi connectivity index (χ2n) is 3.63. The molecule has 0 bridgehead atoms. The Balaban J connectivity index is 2.30. The first kappa shape index (κ1) is 8.17. The van der Waals surface area contributed by atoms with Crippen LogP contribution < -0.4 is 0 Å². The van der Waals surface area contributed by atoms with Gasteiger partial charge in [0, 0.05) is 12.0 Å². The monoisotopic (exact) mass is 174 g/mol. The first-order valence-electron chi connectivity index (χ1n) is 4.28. The molecule has 0 radical (unpaired) electrons. The van der Waals surface area contributed by atoms with Crippen LogP contribution in [0.3, 0.4) is 0 Å². The normalized spacial score (nSPS) is 25.8. The van der Waals surface area contributed by atoms with Crippen molar-refractivity contribution in [3.05, 3.63) is 35.9 Å². The molecular weight excluding hydrogens is 164 g/mol. The zero-order chi connectivity index (χ0) is 9.47. The minimum Gasteiger partial charge on any atom is -0.299 e. The third-order valence-electron chi connectivity index (χ3n) is 2.54. The first-order valence-corrected chi connectivity index (χ1v) is 4.28. The van der Waals surface area contributed by atoms with Crippen LogP contribution in [0.2, 0.25) is 0 Å². The van der Waals surface area contributed by atoms with Crippen LogP contribution in [0, 0.1) is 5.41 Å². The smallest absolute Gasteiger partial charge is 0.176 e. The zero-order valence-electron chi connectivity index (χ0n) is 7.41. The van der Waals surface area contributed by atoms with Gasteiger partial charge in [-0.05, 0) is 6.92 Å². The van der Waals surface area contributed by atoms with Crippen LogP contribution in [-0.4, -0.2) is 11.6 Å². The van der Waals surface area contributed by atoms with Crippen molar-refractivity contribution in [3.63, 3.8) is 0 Å². The first-order chi connectivity index (χ1) is 6.14. The molecule has 0 saturated heterocycles. The van der Waals surface area contributed by atoms with E-state index in [1.54, 1.807) is 19.1 Å². The standard InChI is InChI=1S/C11H10O2/c1-11(7-9(11)12)10(13)8-5-3-2-4-6-8/h2-6H,7H2,1H3. The molecule has 1 fully saturated rings. The lowest BCUT2D eigenvalue weighted by atomic mass is 9.97. The summed E-state index contributed by atoms with van der Waals surface area (Å²) in [5.41, 5.74) is -0.0719. The molecule has 1 saturated carbocycles. The number of ketones is 2. The van der Waals surface area contributed by atoms with Gasteiger partial charge in [-0.15, -0.1) is 0 Å². The average molecular weight is 174 g/mol. The molecular formula is C11H10O2. The van der Waals surface area contributed by atoms with Gasteiger partial charge in [-0.3, -0.25) is 9.59 Å². The molecule has 2 heteroatoms. The molecule has 0 aliphatic heterocycles. The van der Waals surface area contributed by atoms with Crippen molar-refractivity contribution in [1.29, 1.82) is 0 Å². The number of benzene rings is 1. The Bertz CT molecular complexity index is 367. The summed E-state index contributed by atoms with van der Waals surface area (Å²) in [6.07, 6.45) is 0.403. The lowest BCUT2D eigenvalue weighted by molar-refractivity contribution is -0.111. The third-order valence-corrected chi connectivity index (χ3v) is 2.54. The second-order valence-corrected chi connectivity index (χ2v) is 3.63. The summed E-state index contributed by atoms with van der Waals surface area (Å²) in [6, 6.07) is 8.97. The number of carbonyl (C=O) groups excluding carboxylic acids is 2. The van der Waals surface area contributed by atoms with Crippen LogP contribution in [0.25, 0.3) is 0 Å². The molecule has 0 aromatic heterocycles. The van der Waals surface area contributed by atoms with Gasteiger partial charge >= 0.3 is 0 Å². The van der Waals surface area contributed by atoms with Crippen LogP contribution in [-0.2, 0) is 4.79 Å². The molecule has 1 unspecified atom stereocenters. The molecule has 0 amide bonds. The summed E-state index contributed by atoms with van der Waals surface area (Å²) < 4.78 is 0. The number of carbonyl (C=O) groups is 2. The van der Waals surface area contributed by atoms with Gasteiger partial charge in [0.25, 0.3) is 0 Å². The largest absolute Gasteiger partial charge is 0.299 e. The van der Waals surface area contributed by atoms with Gasteiger partial charge in [-0.25, -0.2) is 0 Å². The Labute approximate surface area is 76.6 Å².